The summed E-state index contributed by atoms with van der Waals surface area (Å²) in [6.45, 7) is 11.1. The predicted molar refractivity (Wildman–Crippen MR) is 89.9 cm³/mol. The van der Waals surface area contributed by atoms with Gasteiger partial charge in [-0.05, 0) is 70.8 Å². The normalized spacial score (nSPS) is 23.3. The highest BCUT2D eigenvalue weighted by Crippen LogP contribution is 2.41. The summed E-state index contributed by atoms with van der Waals surface area (Å²) in [7, 11) is 0. The van der Waals surface area contributed by atoms with E-state index in [1.807, 2.05) is 0 Å². The molecule has 3 nitrogen and oxygen atoms in total. The van der Waals surface area contributed by atoms with E-state index in [2.05, 4.69) is 62.7 Å². The Morgan fingerprint density at radius 3 is 2.52 bits per heavy atom. The van der Waals surface area contributed by atoms with Gasteiger partial charge in [-0.25, -0.2) is 0 Å². The van der Waals surface area contributed by atoms with Crippen LogP contribution in [0.5, 0.6) is 5.75 Å². The molecule has 0 radical (unpaired) electrons. The molecule has 0 saturated carbocycles. The number of nitrogens with two attached hydrogens (primary N) is 1. The first kappa shape index (κ1) is 16.8. The van der Waals surface area contributed by atoms with Crippen molar-refractivity contribution in [3.8, 4) is 5.75 Å². The second-order valence-corrected chi connectivity index (χ2v) is 7.94. The molecule has 0 bridgehead atoms. The lowest BCUT2D eigenvalue weighted by atomic mass is 9.96. The van der Waals surface area contributed by atoms with Gasteiger partial charge in [-0.1, -0.05) is 15.9 Å². The third-order valence-electron chi connectivity index (χ3n) is 3.98. The Kier molecular flexibility index (Phi) is 4.72. The SMILES string of the molecule is Cc1cc(Br)cc(CCN)c1OC1CC(C)(C)OC1(C)C. The van der Waals surface area contributed by atoms with Crippen molar-refractivity contribution < 1.29 is 9.47 Å². The van der Waals surface area contributed by atoms with Gasteiger partial charge in [0.05, 0.1) is 5.60 Å². The van der Waals surface area contributed by atoms with Gasteiger partial charge in [-0.15, -0.1) is 0 Å². The van der Waals surface area contributed by atoms with E-state index in [0.29, 0.717) is 6.54 Å². The van der Waals surface area contributed by atoms with Crippen LogP contribution in [0.4, 0.5) is 0 Å². The molecule has 4 heteroatoms. The average Bonchev–Trinajstić information content (AvgIpc) is 2.51. The third-order valence-corrected chi connectivity index (χ3v) is 4.44. The summed E-state index contributed by atoms with van der Waals surface area (Å²) >= 11 is 3.55. The molecule has 1 heterocycles. The van der Waals surface area contributed by atoms with Crippen molar-refractivity contribution in [1.82, 2.24) is 0 Å². The molecule has 1 aliphatic heterocycles. The molecule has 1 fully saturated rings. The number of benzene rings is 1. The Hall–Kier alpha value is -0.580. The quantitative estimate of drug-likeness (QED) is 0.887. The summed E-state index contributed by atoms with van der Waals surface area (Å²) in [4.78, 5) is 0. The van der Waals surface area contributed by atoms with Crippen LogP contribution in [0.1, 0.15) is 45.2 Å². The molecule has 0 aromatic heterocycles. The Morgan fingerprint density at radius 1 is 1.33 bits per heavy atom. The summed E-state index contributed by atoms with van der Waals surface area (Å²) in [5, 5.41) is 0. The zero-order chi connectivity index (χ0) is 15.8. The Morgan fingerprint density at radius 2 is 2.00 bits per heavy atom. The first-order chi connectivity index (χ1) is 9.64. The fourth-order valence-corrected chi connectivity index (χ4v) is 3.77. The second kappa shape index (κ2) is 5.90. The smallest absolute Gasteiger partial charge is 0.130 e. The van der Waals surface area contributed by atoms with Gasteiger partial charge in [0.25, 0.3) is 0 Å². The molecule has 0 aliphatic carbocycles. The Labute approximate surface area is 136 Å². The summed E-state index contributed by atoms with van der Waals surface area (Å²) in [5.74, 6) is 0.961. The van der Waals surface area contributed by atoms with Crippen molar-refractivity contribution in [3.63, 3.8) is 0 Å². The van der Waals surface area contributed by atoms with Crippen LogP contribution < -0.4 is 10.5 Å². The third kappa shape index (κ3) is 3.79. The van der Waals surface area contributed by atoms with E-state index in [1.165, 1.54) is 0 Å². The minimum Gasteiger partial charge on any atom is -0.487 e. The van der Waals surface area contributed by atoms with Crippen molar-refractivity contribution in [2.75, 3.05) is 6.54 Å². The van der Waals surface area contributed by atoms with Crippen molar-refractivity contribution in [2.45, 2.75) is 64.8 Å². The molecular formula is C17H26BrNO2. The van der Waals surface area contributed by atoms with Crippen LogP contribution >= 0.6 is 15.9 Å². The second-order valence-electron chi connectivity index (χ2n) is 7.03. The largest absolute Gasteiger partial charge is 0.487 e. The van der Waals surface area contributed by atoms with Crippen LogP contribution in [0, 0.1) is 6.92 Å². The molecule has 1 saturated heterocycles. The van der Waals surface area contributed by atoms with Crippen LogP contribution in [0.25, 0.3) is 0 Å². The summed E-state index contributed by atoms with van der Waals surface area (Å²) < 4.78 is 13.6. The van der Waals surface area contributed by atoms with Gasteiger partial charge in [0.1, 0.15) is 17.5 Å². The molecule has 1 aliphatic rings. The molecule has 21 heavy (non-hydrogen) atoms. The zero-order valence-electron chi connectivity index (χ0n) is 13.6. The van der Waals surface area contributed by atoms with Gasteiger partial charge in [0.2, 0.25) is 0 Å². The van der Waals surface area contributed by atoms with Crippen molar-refractivity contribution in [1.29, 1.82) is 0 Å². The minimum atomic E-state index is -0.289. The molecule has 1 aromatic carbocycles. The number of ether oxygens (including phenoxy) is 2. The monoisotopic (exact) mass is 355 g/mol. The number of hydrogen-bond acceptors (Lipinski definition) is 3. The summed E-state index contributed by atoms with van der Waals surface area (Å²) in [5.41, 5.74) is 7.59. The molecule has 2 N–H and O–H groups in total. The molecule has 0 amide bonds. The van der Waals surface area contributed by atoms with Crippen LogP contribution in [0.15, 0.2) is 16.6 Å². The highest BCUT2D eigenvalue weighted by atomic mass is 79.9. The van der Waals surface area contributed by atoms with E-state index >= 15 is 0 Å². The van der Waals surface area contributed by atoms with Gasteiger partial charge >= 0.3 is 0 Å². The lowest BCUT2D eigenvalue weighted by Gasteiger charge is -2.28. The van der Waals surface area contributed by atoms with E-state index in [0.717, 1.165) is 34.2 Å². The predicted octanol–water partition coefficient (Wildman–Crippen LogP) is 3.98. The van der Waals surface area contributed by atoms with Crippen LogP contribution in [-0.4, -0.2) is 23.9 Å². The van der Waals surface area contributed by atoms with Crippen LogP contribution in [0.3, 0.4) is 0 Å². The number of rotatable bonds is 4. The summed E-state index contributed by atoms with van der Waals surface area (Å²) in [6, 6.07) is 4.19. The van der Waals surface area contributed by atoms with E-state index in [4.69, 9.17) is 15.2 Å². The maximum absolute atomic E-state index is 6.39. The van der Waals surface area contributed by atoms with Crippen LogP contribution in [-0.2, 0) is 11.2 Å². The maximum Gasteiger partial charge on any atom is 0.130 e. The summed E-state index contributed by atoms with van der Waals surface area (Å²) in [6.07, 6.45) is 1.74. The standard InChI is InChI=1S/C17H26BrNO2/c1-11-8-13(18)9-12(6-7-19)15(11)20-14-10-16(2,3)21-17(14,4)5/h8-9,14H,6-7,10,19H2,1-5H3. The fourth-order valence-electron chi connectivity index (χ4n) is 3.15. The molecule has 0 spiro atoms. The number of halogens is 1. The Bertz CT molecular complexity index is 526. The number of aryl methyl sites for hydroxylation is 1. The minimum absolute atomic E-state index is 0.0453. The average molecular weight is 356 g/mol. The molecule has 1 atom stereocenters. The fraction of sp³-hybridized carbons (Fsp3) is 0.647. The molecule has 2 rings (SSSR count). The van der Waals surface area contributed by atoms with Gasteiger partial charge in [0, 0.05) is 10.9 Å². The van der Waals surface area contributed by atoms with E-state index < -0.39 is 0 Å². The number of hydrogen-bond donors (Lipinski definition) is 1. The Balaban J connectivity index is 2.31. The zero-order valence-corrected chi connectivity index (χ0v) is 15.2. The molecule has 1 unspecified atom stereocenters. The van der Waals surface area contributed by atoms with Crippen LogP contribution in [0.2, 0.25) is 0 Å². The topological polar surface area (TPSA) is 44.5 Å². The van der Waals surface area contributed by atoms with E-state index in [1.54, 1.807) is 0 Å². The highest BCUT2D eigenvalue weighted by Gasteiger charge is 2.47. The van der Waals surface area contributed by atoms with Crippen molar-refractivity contribution in [3.05, 3.63) is 27.7 Å². The van der Waals surface area contributed by atoms with Gasteiger partial charge in [-0.2, -0.15) is 0 Å². The highest BCUT2D eigenvalue weighted by molar-refractivity contribution is 9.10. The van der Waals surface area contributed by atoms with Crippen molar-refractivity contribution >= 4 is 15.9 Å². The first-order valence-electron chi connectivity index (χ1n) is 7.50. The molecule has 1 aromatic rings. The molecule has 118 valence electrons. The van der Waals surface area contributed by atoms with E-state index in [-0.39, 0.29) is 17.3 Å². The lowest BCUT2D eigenvalue weighted by molar-refractivity contribution is -0.0847. The maximum atomic E-state index is 6.39. The van der Waals surface area contributed by atoms with Gasteiger partial charge in [-0.3, -0.25) is 0 Å². The van der Waals surface area contributed by atoms with Crippen molar-refractivity contribution in [2.24, 2.45) is 5.73 Å². The first-order valence-corrected chi connectivity index (χ1v) is 8.30. The van der Waals surface area contributed by atoms with Gasteiger partial charge in [0.15, 0.2) is 0 Å². The molecular weight excluding hydrogens is 330 g/mol. The van der Waals surface area contributed by atoms with E-state index in [9.17, 15) is 0 Å². The van der Waals surface area contributed by atoms with Gasteiger partial charge < -0.3 is 15.2 Å². The lowest BCUT2D eigenvalue weighted by Crippen LogP contribution is -2.37.